The van der Waals surface area contributed by atoms with Crippen molar-refractivity contribution in [1.29, 1.82) is 0 Å². The van der Waals surface area contributed by atoms with Crippen molar-refractivity contribution in [3.8, 4) is 0 Å². The summed E-state index contributed by atoms with van der Waals surface area (Å²) < 4.78 is 0. The number of aromatic nitrogens is 2. The summed E-state index contributed by atoms with van der Waals surface area (Å²) in [5.41, 5.74) is 7.92. The van der Waals surface area contributed by atoms with Gasteiger partial charge in [-0.05, 0) is 23.8 Å². The quantitative estimate of drug-likeness (QED) is 0.643. The molecule has 0 aliphatic rings. The number of anilines is 1. The fourth-order valence-corrected chi connectivity index (χ4v) is 2.20. The Balaban J connectivity index is 2.14. The predicted molar refractivity (Wildman–Crippen MR) is 82.5 cm³/mol. The molecule has 5 heteroatoms. The lowest BCUT2D eigenvalue weighted by molar-refractivity contribution is -0.130. The maximum absolute atomic E-state index is 11.5. The predicted octanol–water partition coefficient (Wildman–Crippen LogP) is 2.77. The molecule has 0 amide bonds. The van der Waals surface area contributed by atoms with E-state index in [0.29, 0.717) is 17.0 Å². The summed E-state index contributed by atoms with van der Waals surface area (Å²) in [7, 11) is 0. The van der Waals surface area contributed by atoms with Crippen molar-refractivity contribution in [1.82, 2.24) is 9.97 Å². The summed E-state index contributed by atoms with van der Waals surface area (Å²) in [6.07, 6.45) is 3.36. The Morgan fingerprint density at radius 3 is 2.67 bits per heavy atom. The molecule has 0 aliphatic carbocycles. The molecule has 0 spiro atoms. The zero-order valence-electron chi connectivity index (χ0n) is 11.1. The van der Waals surface area contributed by atoms with Gasteiger partial charge in [-0.25, -0.2) is 9.78 Å². The molecule has 5 nitrogen and oxygen atoms in total. The number of pyridine rings is 1. The van der Waals surface area contributed by atoms with Gasteiger partial charge >= 0.3 is 5.97 Å². The minimum atomic E-state index is -0.973. The van der Waals surface area contributed by atoms with Crippen LogP contribution in [0.5, 0.6) is 0 Å². The molecular weight excluding hydrogens is 266 g/mol. The zero-order chi connectivity index (χ0) is 14.8. The Morgan fingerprint density at radius 1 is 1.19 bits per heavy atom. The third-order valence-electron chi connectivity index (χ3n) is 3.21. The van der Waals surface area contributed by atoms with Gasteiger partial charge in [0.2, 0.25) is 0 Å². The van der Waals surface area contributed by atoms with Crippen molar-refractivity contribution in [2.45, 2.75) is 0 Å². The number of carboxylic acids is 1. The molecule has 2 heterocycles. The first-order valence-electron chi connectivity index (χ1n) is 6.39. The highest BCUT2D eigenvalue weighted by molar-refractivity contribution is 6.21. The minimum absolute atomic E-state index is 0.230. The molecule has 0 bridgehead atoms. The van der Waals surface area contributed by atoms with Crippen LogP contribution in [0.4, 0.5) is 5.82 Å². The second-order valence-electron chi connectivity index (χ2n) is 4.61. The number of aliphatic carboxylic acids is 1. The molecule has 2 aromatic heterocycles. The van der Waals surface area contributed by atoms with Crippen LogP contribution in [0, 0.1) is 0 Å². The largest absolute Gasteiger partial charge is 0.478 e. The highest BCUT2D eigenvalue weighted by atomic mass is 16.4. The van der Waals surface area contributed by atoms with Crippen LogP contribution in [0.2, 0.25) is 0 Å². The molecule has 0 radical (unpaired) electrons. The number of carboxylic acid groups (broad SMARTS) is 1. The number of nitrogen functional groups attached to an aromatic ring is 1. The van der Waals surface area contributed by atoms with Crippen molar-refractivity contribution in [2.75, 3.05) is 5.73 Å². The van der Waals surface area contributed by atoms with Crippen LogP contribution in [0.3, 0.4) is 0 Å². The Hall–Kier alpha value is -3.08. The second-order valence-corrected chi connectivity index (χ2v) is 4.61. The van der Waals surface area contributed by atoms with Crippen molar-refractivity contribution in [3.05, 3.63) is 59.8 Å². The molecule has 4 N–H and O–H groups in total. The van der Waals surface area contributed by atoms with E-state index in [1.165, 1.54) is 0 Å². The maximum atomic E-state index is 11.5. The maximum Gasteiger partial charge on any atom is 0.336 e. The van der Waals surface area contributed by atoms with Gasteiger partial charge < -0.3 is 15.8 Å². The number of benzene rings is 1. The van der Waals surface area contributed by atoms with E-state index >= 15 is 0 Å². The van der Waals surface area contributed by atoms with E-state index in [1.807, 2.05) is 24.3 Å². The topological polar surface area (TPSA) is 92.0 Å². The molecule has 0 atom stereocenters. The van der Waals surface area contributed by atoms with Crippen molar-refractivity contribution >= 4 is 34.5 Å². The fraction of sp³-hybridized carbons (Fsp3) is 0. The Morgan fingerprint density at radius 2 is 1.95 bits per heavy atom. The number of fused-ring (bicyclic) bond motifs is 1. The minimum Gasteiger partial charge on any atom is -0.478 e. The number of nitrogens with zero attached hydrogens (tertiary/aromatic N) is 1. The third-order valence-corrected chi connectivity index (χ3v) is 3.21. The van der Waals surface area contributed by atoms with Gasteiger partial charge in [0.25, 0.3) is 0 Å². The Labute approximate surface area is 120 Å². The van der Waals surface area contributed by atoms with E-state index in [4.69, 9.17) is 5.73 Å². The average molecular weight is 279 g/mol. The van der Waals surface area contributed by atoms with Crippen molar-refractivity contribution in [2.24, 2.45) is 0 Å². The molecule has 0 saturated heterocycles. The fourth-order valence-electron chi connectivity index (χ4n) is 2.20. The van der Waals surface area contributed by atoms with E-state index in [2.05, 4.69) is 9.97 Å². The first kappa shape index (κ1) is 12.9. The molecule has 21 heavy (non-hydrogen) atoms. The standard InChI is InChI=1S/C16H13N3O2/c17-14-7-6-12-11(9-18-15(12)19-14)8-13(16(20)21)10-4-2-1-3-5-10/h1-9H,(H,20,21)(H3,17,18,19)/b13-8+. The van der Waals surface area contributed by atoms with Crippen LogP contribution in [0.1, 0.15) is 11.1 Å². The van der Waals surface area contributed by atoms with Crippen LogP contribution in [0.15, 0.2) is 48.7 Å². The number of hydrogen-bond acceptors (Lipinski definition) is 3. The van der Waals surface area contributed by atoms with Crippen LogP contribution >= 0.6 is 0 Å². The Bertz CT molecular complexity index is 835. The second kappa shape index (κ2) is 5.13. The lowest BCUT2D eigenvalue weighted by Gasteiger charge is -2.02. The summed E-state index contributed by atoms with van der Waals surface area (Å²) in [5, 5.41) is 10.3. The lowest BCUT2D eigenvalue weighted by Crippen LogP contribution is -1.99. The number of nitrogens with one attached hydrogen (secondary N) is 1. The van der Waals surface area contributed by atoms with Gasteiger partial charge in [-0.15, -0.1) is 0 Å². The number of aromatic amines is 1. The highest BCUT2D eigenvalue weighted by Crippen LogP contribution is 2.24. The number of carbonyl (C=O) groups is 1. The molecule has 1 aromatic carbocycles. The molecule has 3 aromatic rings. The molecule has 0 fully saturated rings. The summed E-state index contributed by atoms with van der Waals surface area (Å²) in [6, 6.07) is 12.5. The number of rotatable bonds is 3. The number of nitrogens with two attached hydrogens (primary N) is 1. The number of hydrogen-bond donors (Lipinski definition) is 3. The van der Waals surface area contributed by atoms with E-state index in [1.54, 1.807) is 30.5 Å². The van der Waals surface area contributed by atoms with Crippen molar-refractivity contribution < 1.29 is 9.90 Å². The normalized spacial score (nSPS) is 11.7. The summed E-state index contributed by atoms with van der Waals surface area (Å²) >= 11 is 0. The summed E-state index contributed by atoms with van der Waals surface area (Å²) in [6.45, 7) is 0. The van der Waals surface area contributed by atoms with Gasteiger partial charge in [0.1, 0.15) is 11.5 Å². The van der Waals surface area contributed by atoms with E-state index in [0.717, 1.165) is 10.9 Å². The third kappa shape index (κ3) is 2.49. The monoisotopic (exact) mass is 279 g/mol. The van der Waals surface area contributed by atoms with E-state index < -0.39 is 5.97 Å². The van der Waals surface area contributed by atoms with Gasteiger partial charge in [-0.3, -0.25) is 0 Å². The van der Waals surface area contributed by atoms with Crippen LogP contribution in [0.25, 0.3) is 22.7 Å². The Kier molecular flexibility index (Phi) is 3.16. The first-order valence-corrected chi connectivity index (χ1v) is 6.39. The highest BCUT2D eigenvalue weighted by Gasteiger charge is 2.12. The lowest BCUT2D eigenvalue weighted by atomic mass is 10.0. The first-order chi connectivity index (χ1) is 10.1. The van der Waals surface area contributed by atoms with Gasteiger partial charge in [-0.1, -0.05) is 30.3 Å². The summed E-state index contributed by atoms with van der Waals surface area (Å²) in [4.78, 5) is 18.7. The SMILES string of the molecule is Nc1ccc2c(/C=C(/C(=O)O)c3ccccc3)c[nH]c2n1. The van der Waals surface area contributed by atoms with Gasteiger partial charge in [0.05, 0.1) is 5.57 Å². The smallest absolute Gasteiger partial charge is 0.336 e. The van der Waals surface area contributed by atoms with E-state index in [-0.39, 0.29) is 5.57 Å². The number of H-pyrrole nitrogens is 1. The zero-order valence-corrected chi connectivity index (χ0v) is 11.1. The summed E-state index contributed by atoms with van der Waals surface area (Å²) in [5.74, 6) is -0.555. The molecule has 3 rings (SSSR count). The molecule has 104 valence electrons. The van der Waals surface area contributed by atoms with Crippen LogP contribution in [-0.2, 0) is 4.79 Å². The van der Waals surface area contributed by atoms with Gasteiger partial charge in [0, 0.05) is 17.1 Å². The van der Waals surface area contributed by atoms with Crippen LogP contribution < -0.4 is 5.73 Å². The van der Waals surface area contributed by atoms with E-state index in [9.17, 15) is 9.90 Å². The van der Waals surface area contributed by atoms with Crippen molar-refractivity contribution in [3.63, 3.8) is 0 Å². The van der Waals surface area contributed by atoms with Gasteiger partial charge in [0.15, 0.2) is 0 Å². The average Bonchev–Trinajstić information content (AvgIpc) is 2.87. The molecule has 0 unspecified atom stereocenters. The van der Waals surface area contributed by atoms with Gasteiger partial charge in [-0.2, -0.15) is 0 Å². The molecular formula is C16H13N3O2. The van der Waals surface area contributed by atoms with Crippen LogP contribution in [-0.4, -0.2) is 21.0 Å². The molecule has 0 aliphatic heterocycles. The molecule has 0 saturated carbocycles.